The lowest BCUT2D eigenvalue weighted by Crippen LogP contribution is -2.61. The number of nitrogens with one attached hydrogen (secondary N) is 3. The normalized spacial score (nSPS) is 16.2. The summed E-state index contributed by atoms with van der Waals surface area (Å²) >= 11 is 1.10. The number of anilines is 1. The molecular formula is C29H31N7O4S2. The van der Waals surface area contributed by atoms with Crippen LogP contribution in [-0.4, -0.2) is 76.3 Å². The number of aromatic amines is 1. The van der Waals surface area contributed by atoms with Crippen LogP contribution in [0.3, 0.4) is 0 Å². The minimum atomic E-state index is -3.95. The largest absolute Gasteiger partial charge is 0.351 e. The fourth-order valence-electron chi connectivity index (χ4n) is 5.51. The van der Waals surface area contributed by atoms with Gasteiger partial charge in [-0.3, -0.25) is 4.79 Å². The summed E-state index contributed by atoms with van der Waals surface area (Å²) in [5.41, 5.74) is 3.53. The maximum absolute atomic E-state index is 13.8. The van der Waals surface area contributed by atoms with E-state index >= 15 is 0 Å². The number of urea groups is 1. The van der Waals surface area contributed by atoms with E-state index in [4.69, 9.17) is 0 Å². The van der Waals surface area contributed by atoms with Gasteiger partial charge < -0.3 is 25.1 Å². The number of hydrogen-bond donors (Lipinski definition) is 3. The van der Waals surface area contributed by atoms with Crippen LogP contribution in [0.25, 0.3) is 21.8 Å². The van der Waals surface area contributed by atoms with Crippen molar-refractivity contribution in [1.82, 2.24) is 29.1 Å². The lowest BCUT2D eigenvalue weighted by atomic mass is 10.1. The van der Waals surface area contributed by atoms with Gasteiger partial charge in [-0.15, -0.1) is 11.3 Å². The van der Waals surface area contributed by atoms with Gasteiger partial charge in [0.05, 0.1) is 12.0 Å². The van der Waals surface area contributed by atoms with Crippen molar-refractivity contribution in [3.05, 3.63) is 78.2 Å². The molecule has 11 nitrogen and oxygen atoms in total. The molecule has 0 spiro atoms. The minimum Gasteiger partial charge on any atom is -0.351 e. The number of thiophene rings is 1. The van der Waals surface area contributed by atoms with Gasteiger partial charge in [-0.05, 0) is 42.6 Å². The third-order valence-electron chi connectivity index (χ3n) is 7.55. The Morgan fingerprint density at radius 2 is 1.90 bits per heavy atom. The number of H-pyrrole nitrogens is 1. The second-order valence-electron chi connectivity index (χ2n) is 10.0. The van der Waals surface area contributed by atoms with Crippen LogP contribution in [0.1, 0.15) is 12.6 Å². The highest BCUT2D eigenvalue weighted by atomic mass is 32.2. The van der Waals surface area contributed by atoms with Crippen LogP contribution in [0.15, 0.2) is 76.7 Å². The lowest BCUT2D eigenvalue weighted by molar-refractivity contribution is -0.121. The summed E-state index contributed by atoms with van der Waals surface area (Å²) < 4.78 is 30.7. The molecule has 1 aliphatic heterocycles. The zero-order valence-electron chi connectivity index (χ0n) is 23.0. The van der Waals surface area contributed by atoms with E-state index in [2.05, 4.69) is 44.2 Å². The molecular weight excluding hydrogens is 574 g/mol. The van der Waals surface area contributed by atoms with Gasteiger partial charge >= 0.3 is 6.03 Å². The van der Waals surface area contributed by atoms with Gasteiger partial charge in [0.25, 0.3) is 10.0 Å². The zero-order valence-corrected chi connectivity index (χ0v) is 24.6. The van der Waals surface area contributed by atoms with Crippen molar-refractivity contribution >= 4 is 60.8 Å². The molecule has 3 aromatic heterocycles. The number of aromatic nitrogens is 3. The SMILES string of the molecule is CCn1c2ccccc2c2cc(NC(=O)C3CN(C(=O)NCCc4c[nH]cn4)CCN3S(=O)(=O)c3cccs3)ccc21. The zero-order chi connectivity index (χ0) is 29.3. The van der Waals surface area contributed by atoms with Crippen LogP contribution in [0.2, 0.25) is 0 Å². The molecule has 13 heteroatoms. The highest BCUT2D eigenvalue weighted by Crippen LogP contribution is 2.31. The molecule has 0 saturated carbocycles. The van der Waals surface area contributed by atoms with Crippen molar-refractivity contribution in [2.24, 2.45) is 0 Å². The molecule has 0 bridgehead atoms. The molecule has 2 aromatic carbocycles. The van der Waals surface area contributed by atoms with Crippen molar-refractivity contribution in [2.45, 2.75) is 30.1 Å². The number of carbonyl (C=O) groups is 2. The van der Waals surface area contributed by atoms with Crippen molar-refractivity contribution < 1.29 is 18.0 Å². The number of aryl methyl sites for hydroxylation is 1. The lowest BCUT2D eigenvalue weighted by Gasteiger charge is -2.39. The molecule has 0 radical (unpaired) electrons. The van der Waals surface area contributed by atoms with E-state index in [0.717, 1.165) is 45.4 Å². The second kappa shape index (κ2) is 11.6. The molecule has 6 rings (SSSR count). The van der Waals surface area contributed by atoms with Crippen LogP contribution < -0.4 is 10.6 Å². The van der Waals surface area contributed by atoms with Gasteiger partial charge in [0.2, 0.25) is 5.91 Å². The highest BCUT2D eigenvalue weighted by molar-refractivity contribution is 7.91. The number of rotatable bonds is 8. The van der Waals surface area contributed by atoms with Crippen LogP contribution >= 0.6 is 11.3 Å². The molecule has 3 N–H and O–H groups in total. The van der Waals surface area contributed by atoms with Crippen LogP contribution in [0.5, 0.6) is 0 Å². The van der Waals surface area contributed by atoms with Gasteiger partial charge in [-0.25, -0.2) is 18.2 Å². The summed E-state index contributed by atoms with van der Waals surface area (Å²) in [6.07, 6.45) is 3.88. The first kappa shape index (κ1) is 27.9. The molecule has 4 heterocycles. The quantitative estimate of drug-likeness (QED) is 0.247. The highest BCUT2D eigenvalue weighted by Gasteiger charge is 2.41. The molecule has 1 fully saturated rings. The maximum Gasteiger partial charge on any atom is 0.317 e. The molecule has 0 aliphatic carbocycles. The van der Waals surface area contributed by atoms with E-state index in [1.54, 1.807) is 24.0 Å². The van der Waals surface area contributed by atoms with Gasteiger partial charge in [0.1, 0.15) is 10.3 Å². The smallest absolute Gasteiger partial charge is 0.317 e. The summed E-state index contributed by atoms with van der Waals surface area (Å²) in [5.74, 6) is -0.497. The Bertz CT molecular complexity index is 1830. The average Bonchev–Trinajstić information content (AvgIpc) is 3.78. The van der Waals surface area contributed by atoms with Crippen LogP contribution in [0, 0.1) is 0 Å². The van der Waals surface area contributed by atoms with Gasteiger partial charge in [0.15, 0.2) is 0 Å². The summed E-state index contributed by atoms with van der Waals surface area (Å²) in [6.45, 7) is 3.32. The summed E-state index contributed by atoms with van der Waals surface area (Å²) in [7, 11) is -3.95. The van der Waals surface area contributed by atoms with Gasteiger partial charge in [-0.1, -0.05) is 24.3 Å². The van der Waals surface area contributed by atoms with Crippen LogP contribution in [0.4, 0.5) is 10.5 Å². The number of benzene rings is 2. The molecule has 1 unspecified atom stereocenters. The third kappa shape index (κ3) is 5.26. The Hall–Kier alpha value is -4.20. The Balaban J connectivity index is 1.25. The topological polar surface area (TPSA) is 132 Å². The van der Waals surface area contributed by atoms with E-state index in [0.29, 0.717) is 18.7 Å². The van der Waals surface area contributed by atoms with Gasteiger partial charge in [0, 0.05) is 72.8 Å². The van der Waals surface area contributed by atoms with E-state index in [1.807, 2.05) is 30.3 Å². The number of para-hydroxylation sites is 1. The first-order chi connectivity index (χ1) is 20.4. The number of piperazine rings is 1. The summed E-state index contributed by atoms with van der Waals surface area (Å²) in [4.78, 5) is 35.4. The standard InChI is InChI=1S/C29H31N7O4S2/c1-2-35-24-7-4-3-6-22(24)23-16-20(9-10-25(23)35)33-28(37)26-18-34(29(38)31-12-11-21-17-30-19-32-21)13-14-36(26)42(39,40)27-8-5-15-41-27/h3-10,15-17,19,26H,2,11-14,18H2,1H3,(H,30,32)(H,31,38)(H,33,37). The molecule has 3 amide bonds. The molecule has 1 saturated heterocycles. The molecule has 218 valence electrons. The van der Waals surface area contributed by atoms with E-state index in [9.17, 15) is 18.0 Å². The fraction of sp³-hybridized carbons (Fsp3) is 0.276. The van der Waals surface area contributed by atoms with Gasteiger partial charge in [-0.2, -0.15) is 4.31 Å². The molecule has 1 aliphatic rings. The van der Waals surface area contributed by atoms with E-state index in [1.165, 1.54) is 15.3 Å². The molecule has 42 heavy (non-hydrogen) atoms. The predicted molar refractivity (Wildman–Crippen MR) is 163 cm³/mol. The maximum atomic E-state index is 13.8. The number of fused-ring (bicyclic) bond motifs is 3. The van der Waals surface area contributed by atoms with Crippen LogP contribution in [-0.2, 0) is 27.8 Å². The van der Waals surface area contributed by atoms with Crippen molar-refractivity contribution in [3.63, 3.8) is 0 Å². The number of hydrogen-bond acceptors (Lipinski definition) is 6. The Morgan fingerprint density at radius 3 is 2.67 bits per heavy atom. The minimum absolute atomic E-state index is 0.00582. The monoisotopic (exact) mass is 605 g/mol. The number of carbonyl (C=O) groups excluding carboxylic acids is 2. The number of sulfonamides is 1. The first-order valence-electron chi connectivity index (χ1n) is 13.7. The van der Waals surface area contributed by atoms with Crippen molar-refractivity contribution in [3.8, 4) is 0 Å². The second-order valence-corrected chi connectivity index (χ2v) is 13.1. The molecule has 5 aromatic rings. The predicted octanol–water partition coefficient (Wildman–Crippen LogP) is 3.86. The average molecular weight is 606 g/mol. The van der Waals surface area contributed by atoms with E-state index in [-0.39, 0.29) is 29.9 Å². The number of nitrogens with zero attached hydrogens (tertiary/aromatic N) is 4. The third-order valence-corrected chi connectivity index (χ3v) is 10.8. The Kier molecular flexibility index (Phi) is 7.71. The Labute approximate surface area is 247 Å². The summed E-state index contributed by atoms with van der Waals surface area (Å²) in [5, 5.41) is 9.56. The first-order valence-corrected chi connectivity index (χ1v) is 16.1. The Morgan fingerprint density at radius 1 is 1.07 bits per heavy atom. The molecule has 1 atom stereocenters. The van der Waals surface area contributed by atoms with E-state index < -0.39 is 22.0 Å². The fourth-order valence-corrected chi connectivity index (χ4v) is 8.20. The van der Waals surface area contributed by atoms with Crippen molar-refractivity contribution in [2.75, 3.05) is 31.5 Å². The number of imidazole rings is 1. The van der Waals surface area contributed by atoms with Crippen molar-refractivity contribution in [1.29, 1.82) is 0 Å². The number of amides is 3. The summed E-state index contributed by atoms with van der Waals surface area (Å²) in [6, 6.07) is 15.5.